The molecule has 0 aromatic carbocycles. The monoisotopic (exact) mass is 121 g/mol. The molecule has 0 saturated heterocycles. The second-order valence-electron chi connectivity index (χ2n) is 1.71. The number of rotatable bonds is 1. The second-order valence-corrected chi connectivity index (χ2v) is 1.71. The maximum absolute atomic E-state index is 5.24. The molecule has 0 saturated carbocycles. The smallest absolute Gasteiger partial charge is 0.0900 e. The van der Waals surface area contributed by atoms with E-state index >= 15 is 0 Å². The minimum absolute atomic E-state index is 0. The van der Waals surface area contributed by atoms with Gasteiger partial charge in [0.05, 0.1) is 18.4 Å². The average Bonchev–Trinajstić information content (AvgIpc) is 2.14. The maximum atomic E-state index is 5.24. The van der Waals surface area contributed by atoms with E-state index in [-0.39, 0.29) is 18.8 Å². The van der Waals surface area contributed by atoms with Crippen LogP contribution in [0.2, 0.25) is 0 Å². The summed E-state index contributed by atoms with van der Waals surface area (Å²) in [5, 5.41) is 0. The highest BCUT2D eigenvalue weighted by Gasteiger charge is 2.08. The number of allylic oxidation sites excluding steroid dienone is 3. The van der Waals surface area contributed by atoms with E-state index < -0.39 is 0 Å². The molecule has 0 bridgehead atoms. The Hall–Kier alpha value is -0.118. The topological polar surface area (TPSA) is 0 Å². The van der Waals surface area contributed by atoms with Gasteiger partial charge in [0.1, 0.15) is 0 Å². The van der Waals surface area contributed by atoms with Crippen molar-refractivity contribution in [3.05, 3.63) is 31.2 Å². The van der Waals surface area contributed by atoms with Crippen molar-refractivity contribution < 1.29 is 1.43 Å². The first-order chi connectivity index (χ1) is 3.43. The zero-order valence-corrected chi connectivity index (χ0v) is 5.90. The van der Waals surface area contributed by atoms with Crippen molar-refractivity contribution in [3.8, 4) is 0 Å². The summed E-state index contributed by atoms with van der Waals surface area (Å²) in [5.41, 5.74) is 0. The van der Waals surface area contributed by atoms with E-state index in [2.05, 4.69) is 12.5 Å². The van der Waals surface area contributed by atoms with Gasteiger partial charge in [0.15, 0.2) is 0 Å². The average molecular weight is 121 g/mol. The highest BCUT2D eigenvalue weighted by Crippen LogP contribution is 2.15. The van der Waals surface area contributed by atoms with Crippen molar-refractivity contribution in [2.45, 2.75) is 6.42 Å². The Kier molecular flexibility index (Phi) is 3.78. The van der Waals surface area contributed by atoms with Crippen LogP contribution in [0.5, 0.6) is 0 Å². The van der Waals surface area contributed by atoms with Crippen LogP contribution < -0.4 is 0 Å². The van der Waals surface area contributed by atoms with E-state index in [0.29, 0.717) is 5.92 Å². The quantitative estimate of drug-likeness (QED) is 0.365. The fraction of sp³-hybridized carbons (Fsp3) is 0.286. The Balaban J connectivity index is 0. The van der Waals surface area contributed by atoms with Crippen LogP contribution >= 0.6 is 0 Å². The molecule has 1 aliphatic carbocycles. The Morgan fingerprint density at radius 3 is 2.88 bits per heavy atom. The van der Waals surface area contributed by atoms with Crippen LogP contribution in [0.25, 0.3) is 0 Å². The minimum Gasteiger partial charge on any atom is -0.515 e. The molecular formula is C7H10Al. The summed E-state index contributed by atoms with van der Waals surface area (Å²) < 4.78 is 0. The van der Waals surface area contributed by atoms with Crippen LogP contribution in [0.15, 0.2) is 18.2 Å². The minimum atomic E-state index is 0. The summed E-state index contributed by atoms with van der Waals surface area (Å²) in [6.45, 7) is 5.24. The molecule has 0 amide bonds. The molecular weight excluding hydrogens is 111 g/mol. The standard InChI is InChI=1S/C7H8.Al.H2/c1-2-7-5-3-4-6-7;;/h1-5,7H,6H2;;1H. The molecule has 1 rings (SSSR count). The molecule has 1 atom stereocenters. The highest BCUT2D eigenvalue weighted by atomic mass is 27.0. The van der Waals surface area contributed by atoms with Crippen LogP contribution in [0.3, 0.4) is 0 Å². The normalized spacial score (nSPS) is 23.8. The fourth-order valence-electron chi connectivity index (χ4n) is 0.678. The number of hydrogen-bond acceptors (Lipinski definition) is 0. The van der Waals surface area contributed by atoms with Crippen molar-refractivity contribution >= 4 is 17.4 Å². The summed E-state index contributed by atoms with van der Waals surface area (Å²) >= 11 is 0. The Morgan fingerprint density at radius 1 is 1.88 bits per heavy atom. The largest absolute Gasteiger partial charge is 0.515 e. The van der Waals surface area contributed by atoms with Gasteiger partial charge in [0, 0.05) is 31.3 Å². The SMILES string of the molecule is [Al].[CH-]=CC1C=C[CH+]C1.[HH]. The van der Waals surface area contributed by atoms with Crippen LogP contribution in [0.1, 0.15) is 7.85 Å². The van der Waals surface area contributed by atoms with E-state index in [1.807, 2.05) is 6.08 Å². The van der Waals surface area contributed by atoms with Gasteiger partial charge >= 0.3 is 0 Å². The predicted molar refractivity (Wildman–Crippen MR) is 38.3 cm³/mol. The van der Waals surface area contributed by atoms with Crippen molar-refractivity contribution in [1.82, 2.24) is 0 Å². The summed E-state index contributed by atoms with van der Waals surface area (Å²) in [6, 6.07) is 0. The fourth-order valence-corrected chi connectivity index (χ4v) is 0.678. The van der Waals surface area contributed by atoms with Crippen molar-refractivity contribution in [1.29, 1.82) is 0 Å². The summed E-state index contributed by atoms with van der Waals surface area (Å²) in [7, 11) is 0. The lowest BCUT2D eigenvalue weighted by atomic mass is 10.1. The van der Waals surface area contributed by atoms with Gasteiger partial charge in [-0.3, -0.25) is 0 Å². The molecule has 8 heavy (non-hydrogen) atoms. The van der Waals surface area contributed by atoms with Gasteiger partial charge in [0.25, 0.3) is 0 Å². The third-order valence-corrected chi connectivity index (χ3v) is 1.15. The molecule has 1 aliphatic rings. The van der Waals surface area contributed by atoms with E-state index in [0.717, 1.165) is 6.42 Å². The lowest BCUT2D eigenvalue weighted by Crippen LogP contribution is -1.80. The Morgan fingerprint density at radius 2 is 2.62 bits per heavy atom. The molecule has 0 spiro atoms. The Bertz CT molecular complexity index is 99.1. The molecule has 0 aromatic heterocycles. The van der Waals surface area contributed by atoms with Gasteiger partial charge in [-0.05, 0) is 0 Å². The van der Waals surface area contributed by atoms with Crippen molar-refractivity contribution in [3.63, 3.8) is 0 Å². The first-order valence-electron chi connectivity index (χ1n) is 2.48. The van der Waals surface area contributed by atoms with Gasteiger partial charge < -0.3 is 6.58 Å². The molecule has 0 fully saturated rings. The Labute approximate surface area is 62.9 Å². The molecule has 3 radical (unpaired) electrons. The van der Waals surface area contributed by atoms with Crippen LogP contribution in [0.4, 0.5) is 0 Å². The lowest BCUT2D eigenvalue weighted by Gasteiger charge is -1.91. The van der Waals surface area contributed by atoms with Gasteiger partial charge in [-0.1, -0.05) is 0 Å². The third-order valence-electron chi connectivity index (χ3n) is 1.15. The van der Waals surface area contributed by atoms with Gasteiger partial charge in [-0.25, -0.2) is 6.08 Å². The van der Waals surface area contributed by atoms with Gasteiger partial charge in [0.2, 0.25) is 0 Å². The molecule has 1 heteroatoms. The maximum Gasteiger partial charge on any atom is 0.0900 e. The van der Waals surface area contributed by atoms with Gasteiger partial charge in [-0.15, -0.1) is 0 Å². The molecule has 41 valence electrons. The summed E-state index contributed by atoms with van der Waals surface area (Å²) in [6.07, 6.45) is 9.08. The molecule has 0 aromatic rings. The van der Waals surface area contributed by atoms with Crippen LogP contribution in [0, 0.1) is 18.9 Å². The third kappa shape index (κ3) is 1.78. The van der Waals surface area contributed by atoms with Crippen molar-refractivity contribution in [2.24, 2.45) is 5.92 Å². The lowest BCUT2D eigenvalue weighted by molar-refractivity contribution is 0.845. The first kappa shape index (κ1) is 7.88. The molecule has 0 aliphatic heterocycles. The number of hydrogen-bond donors (Lipinski definition) is 0. The zero-order valence-electron chi connectivity index (χ0n) is 4.75. The predicted octanol–water partition coefficient (Wildman–Crippen LogP) is 1.62. The zero-order chi connectivity index (χ0) is 5.11. The van der Waals surface area contributed by atoms with Crippen molar-refractivity contribution in [2.75, 3.05) is 0 Å². The van der Waals surface area contributed by atoms with Gasteiger partial charge in [-0.2, -0.15) is 0 Å². The van der Waals surface area contributed by atoms with Crippen LogP contribution in [-0.2, 0) is 0 Å². The molecule has 0 nitrogen and oxygen atoms in total. The van der Waals surface area contributed by atoms with Crippen LogP contribution in [-0.4, -0.2) is 17.4 Å². The highest BCUT2D eigenvalue weighted by molar-refractivity contribution is 5.75. The van der Waals surface area contributed by atoms with E-state index in [1.54, 1.807) is 6.08 Å². The van der Waals surface area contributed by atoms with E-state index in [4.69, 9.17) is 6.58 Å². The second kappa shape index (κ2) is 3.83. The first-order valence-corrected chi connectivity index (χ1v) is 2.48. The molecule has 1 unspecified atom stereocenters. The summed E-state index contributed by atoms with van der Waals surface area (Å²) in [4.78, 5) is 0. The summed E-state index contributed by atoms with van der Waals surface area (Å²) in [5.74, 6) is 0.514. The van der Waals surface area contributed by atoms with E-state index in [9.17, 15) is 0 Å². The molecule has 0 heterocycles. The molecule has 0 N–H and O–H groups in total. The van der Waals surface area contributed by atoms with E-state index in [1.165, 1.54) is 0 Å².